The summed E-state index contributed by atoms with van der Waals surface area (Å²) in [4.78, 5) is 3.96. The van der Waals surface area contributed by atoms with Gasteiger partial charge in [-0.3, -0.25) is 4.99 Å². The average Bonchev–Trinajstić information content (AvgIpc) is 2.36. The van der Waals surface area contributed by atoms with Gasteiger partial charge in [0.25, 0.3) is 0 Å². The van der Waals surface area contributed by atoms with E-state index in [1.165, 1.54) is 0 Å². The number of rotatable bonds is 2. The third-order valence-electron chi connectivity index (χ3n) is 2.25. The van der Waals surface area contributed by atoms with E-state index in [1.807, 2.05) is 0 Å². The first-order chi connectivity index (χ1) is 8.58. The molecule has 0 unspecified atom stereocenters. The molecule has 0 heterocycles. The van der Waals surface area contributed by atoms with Crippen LogP contribution in [0, 0.1) is 11.6 Å². The Kier molecular flexibility index (Phi) is 3.94. The molecule has 0 bridgehead atoms. The second kappa shape index (κ2) is 5.46. The van der Waals surface area contributed by atoms with Crippen LogP contribution in [-0.2, 0) is 0 Å². The van der Waals surface area contributed by atoms with Crippen molar-refractivity contribution in [3.63, 3.8) is 0 Å². The average molecular weight is 286 g/mol. The summed E-state index contributed by atoms with van der Waals surface area (Å²) in [5.41, 5.74) is 0.274. The zero-order valence-corrected chi connectivity index (χ0v) is 10.5. The highest BCUT2D eigenvalue weighted by Gasteiger charge is 2.10. The highest BCUT2D eigenvalue weighted by atomic mass is 35.5. The first-order valence-electron chi connectivity index (χ1n) is 5.01. The monoisotopic (exact) mass is 285 g/mol. The van der Waals surface area contributed by atoms with E-state index in [0.717, 1.165) is 18.3 Å². The smallest absolute Gasteiger partial charge is 0.153 e. The van der Waals surface area contributed by atoms with Crippen LogP contribution in [0.1, 0.15) is 5.56 Å². The number of aliphatic imine (C=N–C) groups is 1. The van der Waals surface area contributed by atoms with Crippen LogP contribution >= 0.6 is 23.2 Å². The van der Waals surface area contributed by atoms with Crippen molar-refractivity contribution >= 4 is 35.1 Å². The Morgan fingerprint density at radius 3 is 2.28 bits per heavy atom. The Balaban J connectivity index is 2.34. The van der Waals surface area contributed by atoms with Gasteiger partial charge in [-0.25, -0.2) is 8.78 Å². The summed E-state index contributed by atoms with van der Waals surface area (Å²) in [6, 6.07) is 8.80. The summed E-state index contributed by atoms with van der Waals surface area (Å²) in [5.74, 6) is -1.54. The van der Waals surface area contributed by atoms with E-state index in [2.05, 4.69) is 4.99 Å². The summed E-state index contributed by atoms with van der Waals surface area (Å²) in [6.07, 6.45) is 1.10. The van der Waals surface area contributed by atoms with Crippen molar-refractivity contribution in [2.45, 2.75) is 0 Å². The lowest BCUT2D eigenvalue weighted by Crippen LogP contribution is -1.94. The van der Waals surface area contributed by atoms with Gasteiger partial charge in [-0.15, -0.1) is 0 Å². The minimum Gasteiger partial charge on any atom is -0.256 e. The maximum Gasteiger partial charge on any atom is 0.153 e. The molecule has 2 aromatic carbocycles. The van der Waals surface area contributed by atoms with Gasteiger partial charge >= 0.3 is 0 Å². The van der Waals surface area contributed by atoms with Crippen LogP contribution in [0.5, 0.6) is 0 Å². The van der Waals surface area contributed by atoms with Crippen molar-refractivity contribution in [2.75, 3.05) is 0 Å². The van der Waals surface area contributed by atoms with Gasteiger partial charge in [0, 0.05) is 11.2 Å². The first-order valence-corrected chi connectivity index (χ1v) is 5.76. The van der Waals surface area contributed by atoms with Crippen LogP contribution in [0.4, 0.5) is 14.5 Å². The van der Waals surface area contributed by atoms with E-state index >= 15 is 0 Å². The fourth-order valence-corrected chi connectivity index (χ4v) is 1.62. The molecule has 5 heteroatoms. The first kappa shape index (κ1) is 13.0. The van der Waals surface area contributed by atoms with Gasteiger partial charge in [-0.1, -0.05) is 23.2 Å². The van der Waals surface area contributed by atoms with E-state index in [9.17, 15) is 8.78 Å². The molecule has 92 valence electrons. The molecule has 2 rings (SSSR count). The number of benzene rings is 2. The third-order valence-corrected chi connectivity index (χ3v) is 2.79. The number of hydrogen-bond donors (Lipinski definition) is 0. The molecule has 0 aliphatic carbocycles. The number of hydrogen-bond acceptors (Lipinski definition) is 1. The lowest BCUT2D eigenvalue weighted by molar-refractivity contribution is 0.580. The Bertz CT molecular complexity index is 595. The van der Waals surface area contributed by atoms with Crippen LogP contribution in [0.25, 0.3) is 0 Å². The molecule has 0 saturated heterocycles. The van der Waals surface area contributed by atoms with Crippen molar-refractivity contribution in [3.05, 3.63) is 63.6 Å². The zero-order chi connectivity index (χ0) is 13.1. The zero-order valence-electron chi connectivity index (χ0n) is 9.00. The Morgan fingerprint density at radius 2 is 1.61 bits per heavy atom. The molecule has 0 aromatic heterocycles. The maximum atomic E-state index is 13.5. The van der Waals surface area contributed by atoms with Crippen LogP contribution in [0.15, 0.2) is 41.4 Å². The fourth-order valence-electron chi connectivity index (χ4n) is 1.33. The summed E-state index contributed by atoms with van der Waals surface area (Å²) >= 11 is 11.3. The van der Waals surface area contributed by atoms with E-state index in [1.54, 1.807) is 24.3 Å². The molecule has 0 spiro atoms. The highest BCUT2D eigenvalue weighted by Crippen LogP contribution is 2.21. The largest absolute Gasteiger partial charge is 0.256 e. The third kappa shape index (κ3) is 2.86. The van der Waals surface area contributed by atoms with Gasteiger partial charge in [0.15, 0.2) is 5.82 Å². The Labute approximate surface area is 113 Å². The lowest BCUT2D eigenvalue weighted by atomic mass is 10.2. The molecule has 0 fully saturated rings. The molecule has 0 saturated carbocycles. The predicted octanol–water partition coefficient (Wildman–Crippen LogP) is 5.02. The van der Waals surface area contributed by atoms with Gasteiger partial charge < -0.3 is 0 Å². The molecule has 0 atom stereocenters. The number of nitrogens with zero attached hydrogens (tertiary/aromatic N) is 1. The minimum atomic E-state index is -0.825. The molecule has 0 radical (unpaired) electrons. The Morgan fingerprint density at radius 1 is 0.944 bits per heavy atom. The minimum absolute atomic E-state index is 0.144. The van der Waals surface area contributed by atoms with E-state index in [0.29, 0.717) is 10.7 Å². The molecule has 2 aromatic rings. The molecule has 0 N–H and O–H groups in total. The molecule has 18 heavy (non-hydrogen) atoms. The van der Waals surface area contributed by atoms with Gasteiger partial charge in [-0.05, 0) is 36.4 Å². The van der Waals surface area contributed by atoms with Crippen molar-refractivity contribution in [1.82, 2.24) is 0 Å². The van der Waals surface area contributed by atoms with Gasteiger partial charge in [0.1, 0.15) is 5.82 Å². The quantitative estimate of drug-likeness (QED) is 0.543. The molecule has 0 amide bonds. The van der Waals surface area contributed by atoms with E-state index < -0.39 is 11.6 Å². The lowest BCUT2D eigenvalue weighted by Gasteiger charge is -2.00. The Hall–Kier alpha value is -1.45. The van der Waals surface area contributed by atoms with Crippen LogP contribution in [0.3, 0.4) is 0 Å². The molecular formula is C13H7Cl2F2N. The van der Waals surface area contributed by atoms with Crippen LogP contribution < -0.4 is 0 Å². The number of halogens is 4. The van der Waals surface area contributed by atoms with E-state index in [-0.39, 0.29) is 10.6 Å². The van der Waals surface area contributed by atoms with Crippen LogP contribution in [0.2, 0.25) is 10.0 Å². The second-order valence-electron chi connectivity index (χ2n) is 3.49. The van der Waals surface area contributed by atoms with E-state index in [4.69, 9.17) is 23.2 Å². The normalized spacial score (nSPS) is 11.1. The van der Waals surface area contributed by atoms with Crippen molar-refractivity contribution in [1.29, 1.82) is 0 Å². The van der Waals surface area contributed by atoms with Crippen molar-refractivity contribution in [2.24, 2.45) is 4.99 Å². The second-order valence-corrected chi connectivity index (χ2v) is 4.34. The molecule has 0 aliphatic rings. The molecule has 1 nitrogen and oxygen atoms in total. The summed E-state index contributed by atoms with van der Waals surface area (Å²) in [5, 5.41) is 0.419. The fraction of sp³-hybridized carbons (Fsp3) is 0. The highest BCUT2D eigenvalue weighted by molar-refractivity contribution is 6.31. The molecule has 0 aliphatic heterocycles. The predicted molar refractivity (Wildman–Crippen MR) is 70.1 cm³/mol. The SMILES string of the molecule is Fc1ccc(Cl)c(F)c1/C=N/c1ccc(Cl)cc1. The molecular weight excluding hydrogens is 279 g/mol. The standard InChI is InChI=1S/C13H7Cl2F2N/c14-8-1-3-9(4-2-8)18-7-10-12(16)6-5-11(15)13(10)17/h1-7H/b18-7+. The van der Waals surface area contributed by atoms with Crippen LogP contribution in [-0.4, -0.2) is 6.21 Å². The van der Waals surface area contributed by atoms with Gasteiger partial charge in [0.2, 0.25) is 0 Å². The summed E-state index contributed by atoms with van der Waals surface area (Å²) in [7, 11) is 0. The van der Waals surface area contributed by atoms with Gasteiger partial charge in [-0.2, -0.15) is 0 Å². The van der Waals surface area contributed by atoms with Crippen molar-refractivity contribution in [3.8, 4) is 0 Å². The topological polar surface area (TPSA) is 12.4 Å². The van der Waals surface area contributed by atoms with Crippen molar-refractivity contribution < 1.29 is 8.78 Å². The summed E-state index contributed by atoms with van der Waals surface area (Å²) in [6.45, 7) is 0. The summed E-state index contributed by atoms with van der Waals surface area (Å²) < 4.78 is 26.9. The van der Waals surface area contributed by atoms with Gasteiger partial charge in [0.05, 0.1) is 16.3 Å². The maximum absolute atomic E-state index is 13.5.